The summed E-state index contributed by atoms with van der Waals surface area (Å²) < 4.78 is 0. The maximum absolute atomic E-state index is 12.4. The number of hydrogen-bond donors (Lipinski definition) is 3. The Labute approximate surface area is 390 Å². The number of rotatable bonds is 45. The lowest BCUT2D eigenvalue weighted by Gasteiger charge is -2.19. The molecule has 2 unspecified atom stereocenters. The first-order chi connectivity index (χ1) is 31.2. The highest BCUT2D eigenvalue weighted by molar-refractivity contribution is 5.76. The second kappa shape index (κ2) is 52.9. The van der Waals surface area contributed by atoms with Crippen molar-refractivity contribution in [3.63, 3.8) is 0 Å². The number of carbonyl (C=O) groups is 1. The minimum Gasteiger partial charge on any atom is -0.394 e. The van der Waals surface area contributed by atoms with Crippen LogP contribution in [0.15, 0.2) is 134 Å². The molecule has 0 rings (SSSR count). The zero-order valence-electron chi connectivity index (χ0n) is 40.8. The molecule has 0 saturated carbocycles. The minimum atomic E-state index is -0.900. The summed E-state index contributed by atoms with van der Waals surface area (Å²) >= 11 is 0. The maximum Gasteiger partial charge on any atom is 0.220 e. The molecule has 1 amide bonds. The van der Waals surface area contributed by atoms with E-state index in [0.717, 1.165) is 96.3 Å². The highest BCUT2D eigenvalue weighted by Gasteiger charge is 2.17. The smallest absolute Gasteiger partial charge is 0.220 e. The summed E-state index contributed by atoms with van der Waals surface area (Å²) in [5, 5.41) is 23.1. The van der Waals surface area contributed by atoms with Crippen LogP contribution in [0.1, 0.15) is 213 Å². The first-order valence-electron chi connectivity index (χ1n) is 25.9. The normalized spacial score (nSPS) is 14.0. The number of carbonyl (C=O) groups excluding carboxylic acids is 1. The summed E-state index contributed by atoms with van der Waals surface area (Å²) in [5.41, 5.74) is 0. The number of unbranched alkanes of at least 4 members (excludes halogenated alkanes) is 18. The molecule has 0 heterocycles. The molecule has 356 valence electrons. The fourth-order valence-corrected chi connectivity index (χ4v) is 6.93. The minimum absolute atomic E-state index is 0.126. The van der Waals surface area contributed by atoms with Gasteiger partial charge in [0.2, 0.25) is 5.91 Å². The van der Waals surface area contributed by atoms with Crippen molar-refractivity contribution in [2.45, 2.75) is 225 Å². The van der Waals surface area contributed by atoms with Gasteiger partial charge in [-0.2, -0.15) is 0 Å². The van der Waals surface area contributed by atoms with Gasteiger partial charge in [0.1, 0.15) is 0 Å². The molecule has 63 heavy (non-hydrogen) atoms. The van der Waals surface area contributed by atoms with E-state index in [1.54, 1.807) is 6.08 Å². The largest absolute Gasteiger partial charge is 0.394 e. The number of amides is 1. The molecule has 0 aliphatic carbocycles. The Morgan fingerprint density at radius 2 is 0.714 bits per heavy atom. The fourth-order valence-electron chi connectivity index (χ4n) is 6.93. The predicted octanol–water partition coefficient (Wildman–Crippen LogP) is 17.1. The molecule has 2 atom stereocenters. The summed E-state index contributed by atoms with van der Waals surface area (Å²) in [6.07, 6.45) is 83.0. The number of allylic oxidation sites excluding steroid dienone is 21. The molecule has 0 bridgehead atoms. The van der Waals surface area contributed by atoms with E-state index in [1.165, 1.54) is 96.3 Å². The summed E-state index contributed by atoms with van der Waals surface area (Å²) in [6.45, 7) is 4.16. The van der Waals surface area contributed by atoms with Crippen LogP contribution in [0.4, 0.5) is 0 Å². The Balaban J connectivity index is 3.76. The van der Waals surface area contributed by atoms with Crippen molar-refractivity contribution in [2.75, 3.05) is 6.61 Å². The zero-order chi connectivity index (χ0) is 45.6. The van der Waals surface area contributed by atoms with Crippen molar-refractivity contribution >= 4 is 5.91 Å². The SMILES string of the molecule is CC/C=C\C/C=C\C/C=C\C/C=C\C/C=C\C/C=C\C/C=C\C/C=C\CCCCC(=O)NC(CO)C(O)/C=C/CC/C=C/CC/C=C/CCCCCCCCCCCCCCCC. The highest BCUT2D eigenvalue weighted by Crippen LogP contribution is 2.14. The van der Waals surface area contributed by atoms with Gasteiger partial charge in [-0.1, -0.05) is 231 Å². The molecule has 4 nitrogen and oxygen atoms in total. The van der Waals surface area contributed by atoms with Crippen LogP contribution in [-0.2, 0) is 4.79 Å². The van der Waals surface area contributed by atoms with Crippen molar-refractivity contribution in [1.82, 2.24) is 5.32 Å². The second-order valence-electron chi connectivity index (χ2n) is 16.8. The molecule has 0 radical (unpaired) electrons. The lowest BCUT2D eigenvalue weighted by molar-refractivity contribution is -0.123. The summed E-state index contributed by atoms with van der Waals surface area (Å²) in [7, 11) is 0. The molecular formula is C59H97NO3. The van der Waals surface area contributed by atoms with Gasteiger partial charge in [0.15, 0.2) is 0 Å². The van der Waals surface area contributed by atoms with E-state index < -0.39 is 12.1 Å². The van der Waals surface area contributed by atoms with Crippen molar-refractivity contribution < 1.29 is 15.0 Å². The number of nitrogens with one attached hydrogen (secondary N) is 1. The van der Waals surface area contributed by atoms with Crippen molar-refractivity contribution in [2.24, 2.45) is 0 Å². The Kier molecular flexibility index (Phi) is 50.0. The third-order valence-corrected chi connectivity index (χ3v) is 10.8. The van der Waals surface area contributed by atoms with Crippen LogP contribution in [-0.4, -0.2) is 34.9 Å². The molecule has 0 fully saturated rings. The molecule has 0 spiro atoms. The van der Waals surface area contributed by atoms with Crippen LogP contribution in [0, 0.1) is 0 Å². The monoisotopic (exact) mass is 868 g/mol. The van der Waals surface area contributed by atoms with E-state index in [0.29, 0.717) is 6.42 Å². The quantitative estimate of drug-likeness (QED) is 0.0422. The molecule has 0 aliphatic heterocycles. The van der Waals surface area contributed by atoms with Gasteiger partial charge in [-0.25, -0.2) is 0 Å². The molecule has 0 aliphatic rings. The Bertz CT molecular complexity index is 1310. The third-order valence-electron chi connectivity index (χ3n) is 10.8. The molecule has 0 aromatic carbocycles. The third kappa shape index (κ3) is 49.4. The van der Waals surface area contributed by atoms with Crippen molar-refractivity contribution in [1.29, 1.82) is 0 Å². The van der Waals surface area contributed by atoms with Gasteiger partial charge in [-0.3, -0.25) is 4.79 Å². The molecule has 0 aromatic heterocycles. The lowest BCUT2D eigenvalue weighted by atomic mass is 10.0. The summed E-state index contributed by atoms with van der Waals surface area (Å²) in [4.78, 5) is 12.4. The molecular weight excluding hydrogens is 771 g/mol. The fraction of sp³-hybridized carbons (Fsp3) is 0.610. The highest BCUT2D eigenvalue weighted by atomic mass is 16.3. The average Bonchev–Trinajstić information content (AvgIpc) is 3.29. The van der Waals surface area contributed by atoms with Crippen LogP contribution < -0.4 is 5.32 Å². The van der Waals surface area contributed by atoms with E-state index in [9.17, 15) is 15.0 Å². The van der Waals surface area contributed by atoms with Crippen LogP contribution in [0.5, 0.6) is 0 Å². The molecule has 3 N–H and O–H groups in total. The standard InChI is InChI=1S/C59H97NO3/c1-3-5-7-9-11-13-15-17-19-21-23-25-27-29-30-31-33-35-37-39-41-43-45-47-49-51-53-55-59(63)60-57(56-61)58(62)54-52-50-48-46-44-42-40-38-36-34-32-28-26-24-22-20-18-16-14-12-10-8-6-4-2/h5,7,11,13,17,19,23,25,29-30,33,35-36,38-39,41,44-47,52,54,57-58,61-62H,3-4,6,8-10,12,14-16,18,20-22,24,26-28,31-32,34,37,40,42-43,48-51,53,55-56H2,1-2H3,(H,60,63)/b7-5-,13-11-,19-17-,25-23-,30-29-,35-33-,38-36+,41-39-,46-44+,47-45-,54-52+. The Morgan fingerprint density at radius 3 is 1.11 bits per heavy atom. The van der Waals surface area contributed by atoms with Gasteiger partial charge in [-0.05, 0) is 109 Å². The second-order valence-corrected chi connectivity index (χ2v) is 16.8. The average molecular weight is 868 g/mol. The van der Waals surface area contributed by atoms with E-state index in [2.05, 4.69) is 141 Å². The van der Waals surface area contributed by atoms with E-state index in [1.807, 2.05) is 6.08 Å². The summed E-state index contributed by atoms with van der Waals surface area (Å²) in [6, 6.07) is -0.680. The molecule has 4 heteroatoms. The van der Waals surface area contributed by atoms with E-state index in [4.69, 9.17) is 0 Å². The number of hydrogen-bond acceptors (Lipinski definition) is 3. The van der Waals surface area contributed by atoms with Crippen LogP contribution in [0.2, 0.25) is 0 Å². The zero-order valence-corrected chi connectivity index (χ0v) is 40.8. The van der Waals surface area contributed by atoms with E-state index >= 15 is 0 Å². The van der Waals surface area contributed by atoms with E-state index in [-0.39, 0.29) is 12.5 Å². The number of aliphatic hydroxyl groups is 2. The van der Waals surface area contributed by atoms with Gasteiger partial charge >= 0.3 is 0 Å². The van der Waals surface area contributed by atoms with Gasteiger partial charge in [-0.15, -0.1) is 0 Å². The topological polar surface area (TPSA) is 69.6 Å². The first-order valence-corrected chi connectivity index (χ1v) is 25.9. The van der Waals surface area contributed by atoms with Crippen molar-refractivity contribution in [3.05, 3.63) is 134 Å². The van der Waals surface area contributed by atoms with Gasteiger partial charge in [0.05, 0.1) is 18.8 Å². The number of aliphatic hydroxyl groups excluding tert-OH is 2. The predicted molar refractivity (Wildman–Crippen MR) is 280 cm³/mol. The first kappa shape index (κ1) is 59.5. The molecule has 0 saturated heterocycles. The Hall–Kier alpha value is -3.47. The van der Waals surface area contributed by atoms with Crippen LogP contribution >= 0.6 is 0 Å². The van der Waals surface area contributed by atoms with Crippen LogP contribution in [0.25, 0.3) is 0 Å². The maximum atomic E-state index is 12.4. The summed E-state index contributed by atoms with van der Waals surface area (Å²) in [5.74, 6) is -0.126. The van der Waals surface area contributed by atoms with Crippen molar-refractivity contribution in [3.8, 4) is 0 Å². The van der Waals surface area contributed by atoms with Gasteiger partial charge in [0, 0.05) is 6.42 Å². The molecule has 0 aromatic rings. The lowest BCUT2D eigenvalue weighted by Crippen LogP contribution is -2.45. The van der Waals surface area contributed by atoms with Gasteiger partial charge in [0.25, 0.3) is 0 Å². The van der Waals surface area contributed by atoms with Gasteiger partial charge < -0.3 is 15.5 Å². The Morgan fingerprint density at radius 1 is 0.397 bits per heavy atom. The van der Waals surface area contributed by atoms with Crippen LogP contribution in [0.3, 0.4) is 0 Å².